The van der Waals surface area contributed by atoms with Crippen LogP contribution in [0.15, 0.2) is 86.7 Å². The first-order chi connectivity index (χ1) is 17.4. The lowest BCUT2D eigenvalue weighted by molar-refractivity contribution is 0.324. The van der Waals surface area contributed by atoms with Gasteiger partial charge in [0, 0.05) is 17.1 Å². The summed E-state index contributed by atoms with van der Waals surface area (Å²) in [5.41, 5.74) is 2.49. The van der Waals surface area contributed by atoms with Gasteiger partial charge in [-0.05, 0) is 85.4 Å². The summed E-state index contributed by atoms with van der Waals surface area (Å²) >= 11 is 2.52. The molecule has 0 atom stereocenters. The van der Waals surface area contributed by atoms with E-state index in [1.54, 1.807) is 0 Å². The number of aromatic nitrogens is 1. The Morgan fingerprint density at radius 2 is 1.86 bits per heavy atom. The van der Waals surface area contributed by atoms with Crippen molar-refractivity contribution in [3.8, 4) is 11.2 Å². The Kier molecular flexibility index (Phi) is 8.14. The minimum Gasteiger partial charge on any atom is -0.492 e. The summed E-state index contributed by atoms with van der Waals surface area (Å²) in [7, 11) is -4.72. The van der Waals surface area contributed by atoms with E-state index in [1.165, 1.54) is 35.6 Å². The van der Waals surface area contributed by atoms with E-state index in [-0.39, 0.29) is 0 Å². The fraction of sp³-hybridized carbons (Fsp3) is 0.167. The van der Waals surface area contributed by atoms with Crippen LogP contribution < -0.4 is 9.64 Å². The summed E-state index contributed by atoms with van der Waals surface area (Å²) in [6.07, 6.45) is 0. The number of nitrogens with zero attached hydrogens (tertiary/aromatic N) is 5. The van der Waals surface area contributed by atoms with Crippen LogP contribution in [0.5, 0.6) is 5.75 Å². The van der Waals surface area contributed by atoms with Crippen molar-refractivity contribution in [3.05, 3.63) is 66.7 Å². The maximum atomic E-state index is 13.0. The lowest BCUT2D eigenvalue weighted by Gasteiger charge is -2.23. The topological polar surface area (TPSA) is 108 Å². The number of nitriles is 1. The number of hydrogen-bond donors (Lipinski definition) is 0. The van der Waals surface area contributed by atoms with Gasteiger partial charge in [-0.1, -0.05) is 11.3 Å². The summed E-state index contributed by atoms with van der Waals surface area (Å²) < 4.78 is 41.4. The molecule has 184 valence electrons. The molecular weight excluding hydrogens is 521 g/mol. The summed E-state index contributed by atoms with van der Waals surface area (Å²) in [5, 5.41) is 20.0. The Bertz CT molecular complexity index is 1520. The maximum absolute atomic E-state index is 13.0. The second-order valence-electron chi connectivity index (χ2n) is 7.37. The van der Waals surface area contributed by atoms with Crippen molar-refractivity contribution in [1.29, 1.82) is 5.26 Å². The SMILES string of the molecule is CCN(CCOc1ccc(S(=O)(=O)F)cc1)c1ccc(N=Nc2nc3ccc(SC#N)cc3s2)cc1. The van der Waals surface area contributed by atoms with Crippen molar-refractivity contribution in [2.45, 2.75) is 16.7 Å². The van der Waals surface area contributed by atoms with Gasteiger partial charge in [-0.15, -0.1) is 14.1 Å². The van der Waals surface area contributed by atoms with E-state index in [1.807, 2.05) is 49.4 Å². The van der Waals surface area contributed by atoms with Crippen LogP contribution in [0.2, 0.25) is 0 Å². The van der Waals surface area contributed by atoms with Crippen LogP contribution in [-0.2, 0) is 10.2 Å². The lowest BCUT2D eigenvalue weighted by Crippen LogP contribution is -2.27. The highest BCUT2D eigenvalue weighted by atomic mass is 32.3. The van der Waals surface area contributed by atoms with E-state index in [4.69, 9.17) is 10.00 Å². The number of hydrogen-bond acceptors (Lipinski definition) is 10. The number of fused-ring (bicyclic) bond motifs is 1. The third-order valence-corrected chi connectivity index (χ3v) is 7.41. The second kappa shape index (κ2) is 11.5. The molecule has 4 rings (SSSR count). The van der Waals surface area contributed by atoms with Crippen molar-refractivity contribution in [1.82, 2.24) is 4.98 Å². The molecule has 0 amide bonds. The number of halogens is 1. The molecule has 36 heavy (non-hydrogen) atoms. The molecule has 0 bridgehead atoms. The standard InChI is InChI=1S/C24H20FN5O3S3/c1-2-30(13-14-33-19-7-10-21(11-8-19)36(25,31)32)18-5-3-17(4-6-18)28-29-24-27-22-12-9-20(34-16-26)15-23(22)35-24/h3-12,15H,2,13-14H2,1H3. The first-order valence-electron chi connectivity index (χ1n) is 10.8. The van der Waals surface area contributed by atoms with E-state index in [2.05, 4.69) is 25.5 Å². The molecule has 0 saturated carbocycles. The molecule has 0 saturated heterocycles. The number of ether oxygens (including phenoxy) is 1. The summed E-state index contributed by atoms with van der Waals surface area (Å²) in [5.74, 6) is 0.462. The number of anilines is 1. The van der Waals surface area contributed by atoms with Crippen LogP contribution in [0.4, 0.5) is 20.4 Å². The molecule has 1 aromatic heterocycles. The largest absolute Gasteiger partial charge is 0.492 e. The molecule has 0 N–H and O–H groups in total. The third-order valence-electron chi connectivity index (χ3n) is 5.09. The van der Waals surface area contributed by atoms with Crippen molar-refractivity contribution in [2.75, 3.05) is 24.6 Å². The Labute approximate surface area is 216 Å². The summed E-state index contributed by atoms with van der Waals surface area (Å²) in [6, 6.07) is 18.5. The van der Waals surface area contributed by atoms with Crippen LogP contribution in [0.3, 0.4) is 0 Å². The zero-order chi connectivity index (χ0) is 25.5. The average molecular weight is 542 g/mol. The summed E-state index contributed by atoms with van der Waals surface area (Å²) in [4.78, 5) is 7.05. The van der Waals surface area contributed by atoms with Crippen molar-refractivity contribution >= 4 is 60.0 Å². The number of rotatable bonds is 10. The van der Waals surface area contributed by atoms with Crippen molar-refractivity contribution in [3.63, 3.8) is 0 Å². The van der Waals surface area contributed by atoms with Gasteiger partial charge in [0.15, 0.2) is 0 Å². The summed E-state index contributed by atoms with van der Waals surface area (Å²) in [6.45, 7) is 3.74. The fourth-order valence-electron chi connectivity index (χ4n) is 3.32. The van der Waals surface area contributed by atoms with Crippen LogP contribution in [0.1, 0.15) is 6.92 Å². The van der Waals surface area contributed by atoms with Gasteiger partial charge in [-0.2, -0.15) is 13.7 Å². The van der Waals surface area contributed by atoms with Gasteiger partial charge >= 0.3 is 10.2 Å². The quantitative estimate of drug-likeness (QED) is 0.0935. The Balaban J connectivity index is 1.34. The molecule has 0 radical (unpaired) electrons. The van der Waals surface area contributed by atoms with E-state index in [0.717, 1.165) is 39.1 Å². The highest BCUT2D eigenvalue weighted by molar-refractivity contribution is 8.03. The molecule has 1 heterocycles. The van der Waals surface area contributed by atoms with E-state index in [0.29, 0.717) is 29.7 Å². The lowest BCUT2D eigenvalue weighted by atomic mass is 10.2. The number of benzene rings is 3. The molecule has 0 fully saturated rings. The monoisotopic (exact) mass is 541 g/mol. The molecule has 4 aromatic rings. The van der Waals surface area contributed by atoms with E-state index in [9.17, 15) is 12.3 Å². The van der Waals surface area contributed by atoms with Gasteiger partial charge in [0.25, 0.3) is 0 Å². The fourth-order valence-corrected chi connectivity index (χ4v) is 5.10. The Hall–Kier alpha value is -3.53. The van der Waals surface area contributed by atoms with Crippen molar-refractivity contribution in [2.24, 2.45) is 10.2 Å². The van der Waals surface area contributed by atoms with Crippen molar-refractivity contribution < 1.29 is 17.0 Å². The number of azo groups is 1. The minimum atomic E-state index is -4.72. The normalized spacial score (nSPS) is 11.6. The van der Waals surface area contributed by atoms with Crippen LogP contribution in [-0.4, -0.2) is 33.1 Å². The average Bonchev–Trinajstić information content (AvgIpc) is 3.28. The minimum absolute atomic E-state index is 0.364. The predicted molar refractivity (Wildman–Crippen MR) is 140 cm³/mol. The van der Waals surface area contributed by atoms with Gasteiger partial charge in [-0.3, -0.25) is 0 Å². The molecule has 8 nitrogen and oxygen atoms in total. The molecule has 0 unspecified atom stereocenters. The third kappa shape index (κ3) is 6.57. The van der Waals surface area contributed by atoms with Gasteiger partial charge in [0.05, 0.1) is 27.3 Å². The number of likely N-dealkylation sites (N-methyl/N-ethyl adjacent to an activating group) is 1. The zero-order valence-corrected chi connectivity index (χ0v) is 21.5. The highest BCUT2D eigenvalue weighted by Gasteiger charge is 2.11. The number of thioether (sulfide) groups is 1. The highest BCUT2D eigenvalue weighted by Crippen LogP contribution is 2.32. The predicted octanol–water partition coefficient (Wildman–Crippen LogP) is 6.85. The van der Waals surface area contributed by atoms with E-state index < -0.39 is 15.1 Å². The Morgan fingerprint density at radius 3 is 2.53 bits per heavy atom. The maximum Gasteiger partial charge on any atom is 0.332 e. The smallest absolute Gasteiger partial charge is 0.332 e. The van der Waals surface area contributed by atoms with Gasteiger partial charge in [0.1, 0.15) is 17.8 Å². The number of thiazole rings is 1. The van der Waals surface area contributed by atoms with Crippen LogP contribution in [0, 0.1) is 10.7 Å². The second-order valence-corrected chi connectivity index (χ2v) is 10.6. The molecule has 12 heteroatoms. The van der Waals surface area contributed by atoms with E-state index >= 15 is 0 Å². The first-order valence-corrected chi connectivity index (χ1v) is 13.8. The van der Waals surface area contributed by atoms with Gasteiger partial charge in [-0.25, -0.2) is 4.98 Å². The molecular formula is C24H20FN5O3S3. The van der Waals surface area contributed by atoms with Crippen LogP contribution >= 0.6 is 23.1 Å². The molecule has 0 spiro atoms. The molecule has 0 aliphatic carbocycles. The van der Waals surface area contributed by atoms with Crippen LogP contribution in [0.25, 0.3) is 10.2 Å². The molecule has 0 aliphatic heterocycles. The first kappa shape index (κ1) is 25.6. The van der Waals surface area contributed by atoms with Gasteiger partial charge in [0.2, 0.25) is 5.13 Å². The molecule has 3 aromatic carbocycles. The molecule has 0 aliphatic rings. The van der Waals surface area contributed by atoms with Gasteiger partial charge < -0.3 is 9.64 Å². The zero-order valence-electron chi connectivity index (χ0n) is 19.0. The number of thiocyanates is 1. The Morgan fingerprint density at radius 1 is 1.11 bits per heavy atom.